The molecular weight excluding hydrogens is 336 g/mol. The summed E-state index contributed by atoms with van der Waals surface area (Å²) in [7, 11) is 0. The number of benzene rings is 1. The average molecular weight is 350 g/mol. The van der Waals surface area contributed by atoms with Gasteiger partial charge in [-0.1, -0.05) is 12.1 Å². The lowest BCUT2D eigenvalue weighted by Crippen LogP contribution is -2.17. The van der Waals surface area contributed by atoms with E-state index in [-0.39, 0.29) is 5.69 Å². The van der Waals surface area contributed by atoms with Gasteiger partial charge in [0.05, 0.1) is 22.3 Å². The van der Waals surface area contributed by atoms with Gasteiger partial charge in [-0.05, 0) is 37.3 Å². The zero-order valence-electron chi connectivity index (χ0n) is 13.7. The van der Waals surface area contributed by atoms with Crippen LogP contribution in [0.25, 0.3) is 11.3 Å². The summed E-state index contributed by atoms with van der Waals surface area (Å²) in [5.41, 5.74) is 3.88. The van der Waals surface area contributed by atoms with Crippen LogP contribution >= 0.6 is 0 Å². The predicted octanol–water partition coefficient (Wildman–Crippen LogP) is 3.32. The van der Waals surface area contributed by atoms with Gasteiger partial charge in [-0.25, -0.2) is 5.43 Å². The van der Waals surface area contributed by atoms with Crippen LogP contribution < -0.4 is 5.43 Å². The Morgan fingerprint density at radius 3 is 2.77 bits per heavy atom. The SMILES string of the molecule is Cc1ccc(C(=O)N/N=C\c2ccc(-c3ccccc3[N+](=O)[O-])o2)cn1. The fourth-order valence-corrected chi connectivity index (χ4v) is 2.23. The molecular formula is C18H14N4O4. The minimum atomic E-state index is -0.471. The van der Waals surface area contributed by atoms with Crippen LogP contribution in [0.15, 0.2) is 64.2 Å². The summed E-state index contributed by atoms with van der Waals surface area (Å²) >= 11 is 0. The van der Waals surface area contributed by atoms with Crippen molar-refractivity contribution in [2.24, 2.45) is 5.10 Å². The van der Waals surface area contributed by atoms with Crippen LogP contribution in [0.4, 0.5) is 5.69 Å². The zero-order chi connectivity index (χ0) is 18.5. The number of nitro benzene ring substituents is 1. The molecule has 0 saturated carbocycles. The maximum absolute atomic E-state index is 11.9. The van der Waals surface area contributed by atoms with Crippen LogP contribution in [0.1, 0.15) is 21.8 Å². The molecule has 1 N–H and O–H groups in total. The second kappa shape index (κ2) is 7.39. The second-order valence-corrected chi connectivity index (χ2v) is 5.36. The maximum atomic E-state index is 11.9. The summed E-state index contributed by atoms with van der Waals surface area (Å²) in [5.74, 6) is 0.285. The highest BCUT2D eigenvalue weighted by Crippen LogP contribution is 2.30. The van der Waals surface area contributed by atoms with E-state index in [0.29, 0.717) is 22.6 Å². The van der Waals surface area contributed by atoms with Crippen LogP contribution in [0, 0.1) is 17.0 Å². The van der Waals surface area contributed by atoms with E-state index in [2.05, 4.69) is 15.5 Å². The molecule has 26 heavy (non-hydrogen) atoms. The Morgan fingerprint density at radius 1 is 1.23 bits per heavy atom. The predicted molar refractivity (Wildman–Crippen MR) is 94.8 cm³/mol. The molecule has 1 amide bonds. The first-order valence-electron chi connectivity index (χ1n) is 7.64. The van der Waals surface area contributed by atoms with Crippen molar-refractivity contribution in [2.45, 2.75) is 6.92 Å². The molecule has 0 radical (unpaired) electrons. The van der Waals surface area contributed by atoms with E-state index in [1.165, 1.54) is 18.5 Å². The summed E-state index contributed by atoms with van der Waals surface area (Å²) in [6.45, 7) is 1.82. The van der Waals surface area contributed by atoms with Crippen LogP contribution in [0.2, 0.25) is 0 Å². The number of furan rings is 1. The normalized spacial score (nSPS) is 10.8. The van der Waals surface area contributed by atoms with Crippen LogP contribution in [0.5, 0.6) is 0 Å². The molecule has 1 aromatic carbocycles. The quantitative estimate of drug-likeness (QED) is 0.431. The van der Waals surface area contributed by atoms with E-state index in [9.17, 15) is 14.9 Å². The van der Waals surface area contributed by atoms with Gasteiger partial charge in [0.15, 0.2) is 0 Å². The summed E-state index contributed by atoms with van der Waals surface area (Å²) in [5, 5.41) is 14.9. The van der Waals surface area contributed by atoms with Crippen molar-refractivity contribution in [2.75, 3.05) is 0 Å². The summed E-state index contributed by atoms with van der Waals surface area (Å²) < 4.78 is 5.55. The molecule has 0 fully saturated rings. The lowest BCUT2D eigenvalue weighted by molar-refractivity contribution is -0.384. The monoisotopic (exact) mass is 350 g/mol. The molecule has 0 bridgehead atoms. The Bertz CT molecular complexity index is 977. The Labute approximate surface area is 148 Å². The number of aromatic nitrogens is 1. The molecule has 2 heterocycles. The van der Waals surface area contributed by atoms with Gasteiger partial charge in [0, 0.05) is 18.0 Å². The molecule has 0 unspecified atom stereocenters. The zero-order valence-corrected chi connectivity index (χ0v) is 13.7. The highest BCUT2D eigenvalue weighted by molar-refractivity contribution is 5.94. The number of amides is 1. The largest absolute Gasteiger partial charge is 0.455 e. The number of para-hydroxylation sites is 1. The Kier molecular flexibility index (Phi) is 4.84. The molecule has 0 spiro atoms. The Morgan fingerprint density at radius 2 is 2.04 bits per heavy atom. The highest BCUT2D eigenvalue weighted by atomic mass is 16.6. The second-order valence-electron chi connectivity index (χ2n) is 5.36. The molecule has 0 saturated heterocycles. The van der Waals surface area contributed by atoms with Crippen molar-refractivity contribution in [3.63, 3.8) is 0 Å². The molecule has 3 rings (SSSR count). The average Bonchev–Trinajstić information content (AvgIpc) is 3.11. The van der Waals surface area contributed by atoms with Gasteiger partial charge in [-0.15, -0.1) is 0 Å². The molecule has 0 aliphatic heterocycles. The number of aryl methyl sites for hydroxylation is 1. The number of hydrogen-bond donors (Lipinski definition) is 1. The molecule has 130 valence electrons. The molecule has 0 atom stereocenters. The van der Waals surface area contributed by atoms with Crippen LogP contribution in [0.3, 0.4) is 0 Å². The molecule has 8 heteroatoms. The third kappa shape index (κ3) is 3.81. The minimum Gasteiger partial charge on any atom is -0.455 e. The van der Waals surface area contributed by atoms with Gasteiger partial charge in [0.1, 0.15) is 11.5 Å². The number of nitrogens with one attached hydrogen (secondary N) is 1. The number of hydrogen-bond acceptors (Lipinski definition) is 6. The van der Waals surface area contributed by atoms with E-state index in [1.807, 2.05) is 6.92 Å². The van der Waals surface area contributed by atoms with Crippen molar-refractivity contribution in [3.05, 3.63) is 81.9 Å². The lowest BCUT2D eigenvalue weighted by atomic mass is 10.1. The summed E-state index contributed by atoms with van der Waals surface area (Å²) in [6.07, 6.45) is 2.78. The van der Waals surface area contributed by atoms with Gasteiger partial charge in [0.25, 0.3) is 11.6 Å². The topological polar surface area (TPSA) is 111 Å². The van der Waals surface area contributed by atoms with E-state index in [0.717, 1.165) is 5.69 Å². The highest BCUT2D eigenvalue weighted by Gasteiger charge is 2.16. The first-order valence-corrected chi connectivity index (χ1v) is 7.64. The molecule has 3 aromatic rings. The van der Waals surface area contributed by atoms with Gasteiger partial charge < -0.3 is 4.42 Å². The van der Waals surface area contributed by atoms with Crippen molar-refractivity contribution >= 4 is 17.8 Å². The van der Waals surface area contributed by atoms with Crippen molar-refractivity contribution in [1.82, 2.24) is 10.4 Å². The Hall–Kier alpha value is -3.81. The third-order valence-electron chi connectivity index (χ3n) is 3.52. The van der Waals surface area contributed by atoms with Gasteiger partial charge >= 0.3 is 0 Å². The lowest BCUT2D eigenvalue weighted by Gasteiger charge is -1.99. The fourth-order valence-electron chi connectivity index (χ4n) is 2.23. The van der Waals surface area contributed by atoms with Gasteiger partial charge in [-0.2, -0.15) is 5.10 Å². The van der Waals surface area contributed by atoms with E-state index >= 15 is 0 Å². The fraction of sp³-hybridized carbons (Fsp3) is 0.0556. The number of carbonyl (C=O) groups is 1. The standard InChI is InChI=1S/C18H14N4O4/c1-12-6-7-13(10-19-12)18(23)21-20-11-14-8-9-17(26-14)15-4-2-3-5-16(15)22(24)25/h2-11H,1H3,(H,21,23)/b20-11-. The van der Waals surface area contributed by atoms with Crippen molar-refractivity contribution < 1.29 is 14.1 Å². The van der Waals surface area contributed by atoms with E-state index in [4.69, 9.17) is 4.42 Å². The number of carbonyl (C=O) groups excluding carboxylic acids is 1. The van der Waals surface area contributed by atoms with Crippen LogP contribution in [-0.4, -0.2) is 22.0 Å². The van der Waals surface area contributed by atoms with Crippen molar-refractivity contribution in [3.8, 4) is 11.3 Å². The van der Waals surface area contributed by atoms with E-state index in [1.54, 1.807) is 42.5 Å². The van der Waals surface area contributed by atoms with Gasteiger partial charge in [0.2, 0.25) is 0 Å². The van der Waals surface area contributed by atoms with Crippen molar-refractivity contribution in [1.29, 1.82) is 0 Å². The first kappa shape index (κ1) is 17.0. The first-order chi connectivity index (χ1) is 12.5. The molecule has 8 nitrogen and oxygen atoms in total. The Balaban J connectivity index is 1.71. The number of rotatable bonds is 5. The molecule has 2 aromatic heterocycles. The third-order valence-corrected chi connectivity index (χ3v) is 3.52. The number of nitro groups is 1. The smallest absolute Gasteiger partial charge is 0.280 e. The van der Waals surface area contributed by atoms with Gasteiger partial charge in [-0.3, -0.25) is 19.9 Å². The number of nitrogens with zero attached hydrogens (tertiary/aromatic N) is 3. The van der Waals surface area contributed by atoms with Crippen LogP contribution in [-0.2, 0) is 0 Å². The van der Waals surface area contributed by atoms with E-state index < -0.39 is 10.8 Å². The summed E-state index contributed by atoms with van der Waals surface area (Å²) in [6, 6.07) is 12.9. The molecule has 0 aliphatic rings. The molecule has 0 aliphatic carbocycles. The number of pyridine rings is 1. The minimum absolute atomic E-state index is 0.0505. The maximum Gasteiger partial charge on any atom is 0.280 e. The summed E-state index contributed by atoms with van der Waals surface area (Å²) in [4.78, 5) is 26.6. The number of hydrazone groups is 1.